The van der Waals surface area contributed by atoms with Crippen molar-refractivity contribution in [2.75, 3.05) is 24.8 Å². The highest BCUT2D eigenvalue weighted by Gasteiger charge is 2.15. The van der Waals surface area contributed by atoms with E-state index in [9.17, 15) is 9.18 Å². The molecule has 0 aliphatic heterocycles. The number of hydrogen-bond acceptors (Lipinski definition) is 3. The van der Waals surface area contributed by atoms with Crippen LogP contribution in [0.3, 0.4) is 0 Å². The number of halogens is 1. The summed E-state index contributed by atoms with van der Waals surface area (Å²) >= 11 is 0. The second-order valence-electron chi connectivity index (χ2n) is 4.30. The molecule has 0 saturated carbocycles. The fourth-order valence-corrected chi connectivity index (χ4v) is 1.84. The molecule has 0 aliphatic rings. The van der Waals surface area contributed by atoms with Gasteiger partial charge in [0.2, 0.25) is 0 Å². The van der Waals surface area contributed by atoms with Gasteiger partial charge in [0.05, 0.1) is 12.8 Å². The first-order valence-corrected chi connectivity index (χ1v) is 6.00. The van der Waals surface area contributed by atoms with Gasteiger partial charge in [0.25, 0.3) is 5.91 Å². The number of nitrogens with two attached hydrogens (primary N) is 1. The highest BCUT2D eigenvalue weighted by Crippen LogP contribution is 2.24. The van der Waals surface area contributed by atoms with E-state index in [4.69, 9.17) is 10.5 Å². The molecule has 1 amide bonds. The minimum atomic E-state index is -0.392. The Bertz CT molecular complexity index is 644. The molecule has 0 radical (unpaired) electrons. The van der Waals surface area contributed by atoms with Gasteiger partial charge in [0.1, 0.15) is 11.6 Å². The van der Waals surface area contributed by atoms with Crippen LogP contribution >= 0.6 is 0 Å². The number of ether oxygens (including phenoxy) is 1. The first-order valence-electron chi connectivity index (χ1n) is 6.00. The number of rotatable bonds is 3. The molecule has 0 heterocycles. The number of hydrogen-bond donors (Lipinski definition) is 1. The second-order valence-corrected chi connectivity index (χ2v) is 4.30. The van der Waals surface area contributed by atoms with Gasteiger partial charge in [0, 0.05) is 18.3 Å². The predicted molar refractivity (Wildman–Crippen MR) is 76.5 cm³/mol. The average Bonchev–Trinajstić information content (AvgIpc) is 2.46. The molecule has 2 N–H and O–H groups in total. The van der Waals surface area contributed by atoms with Crippen molar-refractivity contribution in [2.45, 2.75) is 0 Å². The molecule has 5 heteroatoms. The van der Waals surface area contributed by atoms with Gasteiger partial charge in [-0.15, -0.1) is 0 Å². The second kappa shape index (κ2) is 5.61. The summed E-state index contributed by atoms with van der Waals surface area (Å²) in [6, 6.07) is 10.6. The molecular formula is C15H15FN2O2. The van der Waals surface area contributed by atoms with Gasteiger partial charge >= 0.3 is 0 Å². The molecule has 0 aromatic heterocycles. The van der Waals surface area contributed by atoms with Crippen LogP contribution in [0.2, 0.25) is 0 Å². The highest BCUT2D eigenvalue weighted by atomic mass is 19.1. The third-order valence-electron chi connectivity index (χ3n) is 2.98. The molecule has 0 fully saturated rings. The molecule has 104 valence electrons. The van der Waals surface area contributed by atoms with Crippen molar-refractivity contribution in [1.82, 2.24) is 0 Å². The van der Waals surface area contributed by atoms with Gasteiger partial charge < -0.3 is 15.4 Å². The lowest BCUT2D eigenvalue weighted by Gasteiger charge is -2.18. The maximum Gasteiger partial charge on any atom is 0.258 e. The number of nitrogen functional groups attached to an aromatic ring is 1. The SMILES string of the molecule is COc1cc(C(=O)N(C)c2cccc(F)c2)ccc1N. The van der Waals surface area contributed by atoms with Gasteiger partial charge in [0.15, 0.2) is 0 Å². The zero-order chi connectivity index (χ0) is 14.7. The fourth-order valence-electron chi connectivity index (χ4n) is 1.84. The lowest BCUT2D eigenvalue weighted by atomic mass is 10.1. The number of nitrogens with zero attached hydrogens (tertiary/aromatic N) is 1. The summed E-state index contributed by atoms with van der Waals surface area (Å²) in [4.78, 5) is 13.7. The quantitative estimate of drug-likeness (QED) is 0.875. The topological polar surface area (TPSA) is 55.6 Å². The van der Waals surface area contributed by atoms with Crippen LogP contribution in [0.1, 0.15) is 10.4 Å². The summed E-state index contributed by atoms with van der Waals surface area (Å²) in [5.74, 6) is -0.227. The smallest absolute Gasteiger partial charge is 0.258 e. The Balaban J connectivity index is 2.31. The number of anilines is 2. The molecule has 0 bridgehead atoms. The van der Waals surface area contributed by atoms with Crippen molar-refractivity contribution in [1.29, 1.82) is 0 Å². The third kappa shape index (κ3) is 2.71. The average molecular weight is 274 g/mol. The van der Waals surface area contributed by atoms with E-state index in [2.05, 4.69) is 0 Å². The van der Waals surface area contributed by atoms with E-state index in [0.29, 0.717) is 22.7 Å². The van der Waals surface area contributed by atoms with E-state index in [1.165, 1.54) is 24.1 Å². The van der Waals surface area contributed by atoms with Gasteiger partial charge in [-0.05, 0) is 36.4 Å². The van der Waals surface area contributed by atoms with E-state index in [-0.39, 0.29) is 5.91 Å². The van der Waals surface area contributed by atoms with Gasteiger partial charge in [-0.3, -0.25) is 4.79 Å². The molecule has 2 aromatic carbocycles. The lowest BCUT2D eigenvalue weighted by Crippen LogP contribution is -2.26. The Morgan fingerprint density at radius 1 is 1.25 bits per heavy atom. The number of methoxy groups -OCH3 is 1. The van der Waals surface area contributed by atoms with E-state index >= 15 is 0 Å². The number of carbonyl (C=O) groups is 1. The van der Waals surface area contributed by atoms with Gasteiger partial charge in [-0.2, -0.15) is 0 Å². The monoisotopic (exact) mass is 274 g/mol. The van der Waals surface area contributed by atoms with E-state index in [0.717, 1.165) is 0 Å². The van der Waals surface area contributed by atoms with Gasteiger partial charge in [-0.25, -0.2) is 4.39 Å². The normalized spacial score (nSPS) is 10.2. The van der Waals surface area contributed by atoms with Crippen LogP contribution in [-0.4, -0.2) is 20.1 Å². The van der Waals surface area contributed by atoms with Crippen molar-refractivity contribution in [3.63, 3.8) is 0 Å². The van der Waals surface area contributed by atoms with Crippen molar-refractivity contribution in [3.05, 3.63) is 53.8 Å². The van der Waals surface area contributed by atoms with Crippen LogP contribution in [0.4, 0.5) is 15.8 Å². The molecule has 0 atom stereocenters. The summed E-state index contributed by atoms with van der Waals surface area (Å²) in [6.45, 7) is 0. The molecule has 0 unspecified atom stereocenters. The summed E-state index contributed by atoms with van der Waals surface area (Å²) in [6.07, 6.45) is 0. The number of amides is 1. The highest BCUT2D eigenvalue weighted by molar-refractivity contribution is 6.06. The zero-order valence-electron chi connectivity index (χ0n) is 11.3. The number of carbonyl (C=O) groups excluding carboxylic acids is 1. The largest absolute Gasteiger partial charge is 0.495 e. The van der Waals surface area contributed by atoms with Crippen LogP contribution in [0, 0.1) is 5.82 Å². The summed E-state index contributed by atoms with van der Waals surface area (Å²) < 4.78 is 18.3. The van der Waals surface area contributed by atoms with Crippen LogP contribution in [0.25, 0.3) is 0 Å². The summed E-state index contributed by atoms with van der Waals surface area (Å²) in [5.41, 5.74) is 7.06. The Morgan fingerprint density at radius 2 is 2.00 bits per heavy atom. The van der Waals surface area contributed by atoms with E-state index in [1.807, 2.05) is 0 Å². The molecule has 2 aromatic rings. The van der Waals surface area contributed by atoms with Crippen LogP contribution in [0.5, 0.6) is 5.75 Å². The summed E-state index contributed by atoms with van der Waals surface area (Å²) in [5, 5.41) is 0. The first-order chi connectivity index (χ1) is 9.52. The van der Waals surface area contributed by atoms with Crippen molar-refractivity contribution >= 4 is 17.3 Å². The van der Waals surface area contributed by atoms with Crippen LogP contribution in [0.15, 0.2) is 42.5 Å². The Kier molecular flexibility index (Phi) is 3.89. The minimum Gasteiger partial charge on any atom is -0.495 e. The standard InChI is InChI=1S/C15H15FN2O2/c1-18(12-5-3-4-11(16)9-12)15(19)10-6-7-13(17)14(8-10)20-2/h3-9H,17H2,1-2H3. The summed E-state index contributed by atoms with van der Waals surface area (Å²) in [7, 11) is 3.07. The molecular weight excluding hydrogens is 259 g/mol. The first kappa shape index (κ1) is 13.9. The maximum absolute atomic E-state index is 13.2. The Labute approximate surface area is 116 Å². The lowest BCUT2D eigenvalue weighted by molar-refractivity contribution is 0.0992. The fraction of sp³-hybridized carbons (Fsp3) is 0.133. The molecule has 2 rings (SSSR count). The molecule has 4 nitrogen and oxygen atoms in total. The van der Waals surface area contributed by atoms with Crippen LogP contribution in [-0.2, 0) is 0 Å². The van der Waals surface area contributed by atoms with Crippen LogP contribution < -0.4 is 15.4 Å². The maximum atomic E-state index is 13.2. The van der Waals surface area contributed by atoms with E-state index < -0.39 is 5.82 Å². The molecule has 0 aliphatic carbocycles. The minimum absolute atomic E-state index is 0.270. The third-order valence-corrected chi connectivity index (χ3v) is 2.98. The van der Waals surface area contributed by atoms with Crippen molar-refractivity contribution < 1.29 is 13.9 Å². The molecule has 0 spiro atoms. The van der Waals surface area contributed by atoms with Crippen molar-refractivity contribution in [2.24, 2.45) is 0 Å². The molecule has 20 heavy (non-hydrogen) atoms. The van der Waals surface area contributed by atoms with E-state index in [1.54, 1.807) is 37.4 Å². The van der Waals surface area contributed by atoms with Crippen molar-refractivity contribution in [3.8, 4) is 5.75 Å². The molecule has 0 saturated heterocycles. The Morgan fingerprint density at radius 3 is 2.65 bits per heavy atom. The predicted octanol–water partition coefficient (Wildman–Crippen LogP) is 2.69. The Hall–Kier alpha value is -2.56. The number of benzene rings is 2. The zero-order valence-corrected chi connectivity index (χ0v) is 11.3. The van der Waals surface area contributed by atoms with Gasteiger partial charge in [-0.1, -0.05) is 6.07 Å².